The third-order valence-electron chi connectivity index (χ3n) is 4.84. The van der Waals surface area contributed by atoms with Crippen molar-refractivity contribution in [3.63, 3.8) is 0 Å². The van der Waals surface area contributed by atoms with Crippen molar-refractivity contribution in [1.29, 1.82) is 0 Å². The van der Waals surface area contributed by atoms with E-state index >= 15 is 0 Å². The molecule has 0 aliphatic heterocycles. The lowest BCUT2D eigenvalue weighted by Crippen LogP contribution is -2.38. The van der Waals surface area contributed by atoms with Gasteiger partial charge in [0.25, 0.3) is 0 Å². The second-order valence-electron chi connectivity index (χ2n) is 6.23. The summed E-state index contributed by atoms with van der Waals surface area (Å²) in [5.74, 6) is 0.838. The van der Waals surface area contributed by atoms with Crippen LogP contribution in [-0.2, 0) is 16.7 Å². The van der Waals surface area contributed by atoms with Crippen LogP contribution in [0.5, 0.6) is 17.2 Å². The Morgan fingerprint density at radius 3 is 2.19 bits per heavy atom. The molecule has 2 aromatic rings. The molecule has 6 nitrogen and oxygen atoms in total. The zero-order chi connectivity index (χ0) is 20.2. The van der Waals surface area contributed by atoms with Crippen molar-refractivity contribution in [2.24, 2.45) is 5.73 Å². The minimum absolute atomic E-state index is 0.388. The molecule has 2 N–H and O–H groups in total. The van der Waals surface area contributed by atoms with E-state index in [2.05, 4.69) is 0 Å². The number of esters is 1. The van der Waals surface area contributed by atoms with Crippen LogP contribution in [0.2, 0.25) is 0 Å². The first-order chi connectivity index (χ1) is 12.9. The van der Waals surface area contributed by atoms with E-state index in [-0.39, 0.29) is 0 Å². The van der Waals surface area contributed by atoms with Crippen LogP contribution in [0.3, 0.4) is 0 Å². The molecule has 0 fully saturated rings. The molecule has 0 radical (unpaired) electrons. The Morgan fingerprint density at radius 1 is 1.11 bits per heavy atom. The number of methoxy groups -OCH3 is 4. The van der Waals surface area contributed by atoms with Gasteiger partial charge in [0.1, 0.15) is 0 Å². The van der Waals surface area contributed by atoms with Crippen molar-refractivity contribution in [3.05, 3.63) is 39.1 Å². The highest BCUT2D eigenvalue weighted by Gasteiger charge is 2.35. The molecule has 148 valence electrons. The molecular formula is C20H27NO5S. The summed E-state index contributed by atoms with van der Waals surface area (Å²) in [6.45, 7) is 3.82. The maximum Gasteiger partial charge on any atom is 0.338 e. The fourth-order valence-electron chi connectivity index (χ4n) is 3.32. The predicted molar refractivity (Wildman–Crippen MR) is 106 cm³/mol. The Morgan fingerprint density at radius 2 is 1.74 bits per heavy atom. The first-order valence-corrected chi connectivity index (χ1v) is 9.48. The first-order valence-electron chi connectivity index (χ1n) is 8.61. The van der Waals surface area contributed by atoms with Crippen LogP contribution < -0.4 is 19.9 Å². The van der Waals surface area contributed by atoms with Gasteiger partial charge in [-0.3, -0.25) is 0 Å². The molecule has 1 aromatic carbocycles. The van der Waals surface area contributed by atoms with E-state index < -0.39 is 11.5 Å². The minimum atomic E-state index is -0.656. The van der Waals surface area contributed by atoms with Gasteiger partial charge in [-0.25, -0.2) is 4.79 Å². The van der Waals surface area contributed by atoms with E-state index in [1.165, 1.54) is 28.4 Å². The zero-order valence-corrected chi connectivity index (χ0v) is 17.5. The number of carbonyl (C=O) groups is 1. The summed E-state index contributed by atoms with van der Waals surface area (Å²) in [5, 5.41) is 1.99. The summed E-state index contributed by atoms with van der Waals surface area (Å²) in [6.07, 6.45) is 1.07. The summed E-state index contributed by atoms with van der Waals surface area (Å²) in [7, 11) is 5.95. The van der Waals surface area contributed by atoms with E-state index in [0.717, 1.165) is 4.88 Å². The van der Waals surface area contributed by atoms with Gasteiger partial charge in [0, 0.05) is 16.0 Å². The molecule has 0 bridgehead atoms. The van der Waals surface area contributed by atoms with Gasteiger partial charge in [-0.15, -0.1) is 11.3 Å². The van der Waals surface area contributed by atoms with Crippen molar-refractivity contribution in [3.8, 4) is 17.2 Å². The topological polar surface area (TPSA) is 80.0 Å². The smallest absolute Gasteiger partial charge is 0.338 e. The van der Waals surface area contributed by atoms with Crippen molar-refractivity contribution in [1.82, 2.24) is 0 Å². The molecular weight excluding hydrogens is 366 g/mol. The predicted octanol–water partition coefficient (Wildman–Crippen LogP) is 3.68. The van der Waals surface area contributed by atoms with Crippen LogP contribution >= 0.6 is 11.3 Å². The number of thiophene rings is 1. The van der Waals surface area contributed by atoms with Crippen LogP contribution in [-0.4, -0.2) is 34.4 Å². The second kappa shape index (κ2) is 8.63. The summed E-state index contributed by atoms with van der Waals surface area (Å²) in [6, 6.07) is 3.97. The maximum absolute atomic E-state index is 12.6. The number of rotatable bonds is 8. The Balaban J connectivity index is 2.79. The van der Waals surface area contributed by atoms with Gasteiger partial charge in [-0.1, -0.05) is 13.0 Å². The Bertz CT molecular complexity index is 803. The highest BCUT2D eigenvalue weighted by molar-refractivity contribution is 7.10. The summed E-state index contributed by atoms with van der Waals surface area (Å²) in [4.78, 5) is 13.7. The number of hydrogen-bond acceptors (Lipinski definition) is 7. The lowest BCUT2D eigenvalue weighted by atomic mass is 9.84. The molecule has 1 aromatic heterocycles. The summed E-state index contributed by atoms with van der Waals surface area (Å²) < 4.78 is 21.7. The quantitative estimate of drug-likeness (QED) is 0.689. The number of carbonyl (C=O) groups excluding carboxylic acids is 1. The molecule has 0 amide bonds. The van der Waals surface area contributed by atoms with E-state index in [9.17, 15) is 4.79 Å². The van der Waals surface area contributed by atoms with Crippen LogP contribution in [0, 0.1) is 6.92 Å². The maximum atomic E-state index is 12.6. The van der Waals surface area contributed by atoms with Gasteiger partial charge in [-0.05, 0) is 31.2 Å². The number of benzene rings is 1. The SMILES string of the molecule is CCC(N)(Cc1c(OC)c(OC)c(OC)c(C)c1C(=O)OC)c1cccs1. The van der Waals surface area contributed by atoms with E-state index in [1.54, 1.807) is 18.3 Å². The molecule has 1 atom stereocenters. The Labute approximate surface area is 164 Å². The van der Waals surface area contributed by atoms with E-state index in [4.69, 9.17) is 24.7 Å². The van der Waals surface area contributed by atoms with Gasteiger partial charge >= 0.3 is 5.97 Å². The molecule has 0 aliphatic carbocycles. The molecule has 1 unspecified atom stereocenters. The average Bonchev–Trinajstić information content (AvgIpc) is 3.22. The summed E-state index contributed by atoms with van der Waals surface area (Å²) >= 11 is 1.59. The van der Waals surface area contributed by atoms with Gasteiger partial charge < -0.3 is 24.7 Å². The van der Waals surface area contributed by atoms with Crippen molar-refractivity contribution >= 4 is 17.3 Å². The third kappa shape index (κ3) is 3.75. The first kappa shape index (κ1) is 21.1. The summed E-state index contributed by atoms with van der Waals surface area (Å²) in [5.41, 5.74) is 7.79. The Kier molecular flexibility index (Phi) is 6.73. The molecule has 1 heterocycles. The molecule has 0 saturated carbocycles. The molecule has 2 rings (SSSR count). The van der Waals surface area contributed by atoms with E-state index in [0.29, 0.717) is 46.8 Å². The van der Waals surface area contributed by atoms with Gasteiger partial charge in [-0.2, -0.15) is 0 Å². The fraction of sp³-hybridized carbons (Fsp3) is 0.450. The zero-order valence-electron chi connectivity index (χ0n) is 16.7. The molecule has 0 spiro atoms. The Hall–Kier alpha value is -2.25. The molecule has 7 heteroatoms. The van der Waals surface area contributed by atoms with Crippen LogP contribution in [0.25, 0.3) is 0 Å². The second-order valence-corrected chi connectivity index (χ2v) is 7.18. The van der Waals surface area contributed by atoms with Gasteiger partial charge in [0.15, 0.2) is 11.5 Å². The number of hydrogen-bond donors (Lipinski definition) is 1. The van der Waals surface area contributed by atoms with Crippen LogP contribution in [0.1, 0.15) is 39.7 Å². The lowest BCUT2D eigenvalue weighted by molar-refractivity contribution is 0.0597. The highest BCUT2D eigenvalue weighted by Crippen LogP contribution is 2.47. The normalized spacial score (nSPS) is 13.0. The van der Waals surface area contributed by atoms with Gasteiger partial charge in [0.05, 0.1) is 39.5 Å². The standard InChI is InChI=1S/C20H27NO5S/c1-7-20(21,14-9-8-10-27-14)11-13-15(19(22)26-6)12(2)16(23-3)18(25-5)17(13)24-4/h8-10H,7,11,21H2,1-6H3. The highest BCUT2D eigenvalue weighted by atomic mass is 32.1. The largest absolute Gasteiger partial charge is 0.492 e. The third-order valence-corrected chi connectivity index (χ3v) is 5.93. The minimum Gasteiger partial charge on any atom is -0.492 e. The fourth-order valence-corrected chi connectivity index (χ4v) is 4.23. The lowest BCUT2D eigenvalue weighted by Gasteiger charge is -2.30. The van der Waals surface area contributed by atoms with Crippen molar-refractivity contribution in [2.75, 3.05) is 28.4 Å². The number of ether oxygens (including phenoxy) is 4. The van der Waals surface area contributed by atoms with Crippen molar-refractivity contribution in [2.45, 2.75) is 32.2 Å². The van der Waals surface area contributed by atoms with Crippen LogP contribution in [0.15, 0.2) is 17.5 Å². The van der Waals surface area contributed by atoms with Gasteiger partial charge in [0.2, 0.25) is 5.75 Å². The number of nitrogens with two attached hydrogens (primary N) is 1. The monoisotopic (exact) mass is 393 g/mol. The molecule has 0 saturated heterocycles. The average molecular weight is 394 g/mol. The van der Waals surface area contributed by atoms with E-state index in [1.807, 2.05) is 24.4 Å². The van der Waals surface area contributed by atoms with Crippen molar-refractivity contribution < 1.29 is 23.7 Å². The van der Waals surface area contributed by atoms with Crippen LogP contribution in [0.4, 0.5) is 0 Å². The molecule has 0 aliphatic rings. The molecule has 27 heavy (non-hydrogen) atoms.